The molecule has 0 radical (unpaired) electrons. The van der Waals surface area contributed by atoms with Gasteiger partial charge in [-0.05, 0) is 12.5 Å². The highest BCUT2D eigenvalue weighted by Gasteiger charge is 2.32. The fourth-order valence-corrected chi connectivity index (χ4v) is 1.81. The molecule has 0 aromatic heterocycles. The summed E-state index contributed by atoms with van der Waals surface area (Å²) in [6.07, 6.45) is 5.93. The Hall–Kier alpha value is -0.870. The third kappa shape index (κ3) is 2.38. The second-order valence-electron chi connectivity index (χ2n) is 3.50. The van der Waals surface area contributed by atoms with Gasteiger partial charge < -0.3 is 0 Å². The molecule has 15 heavy (non-hydrogen) atoms. The minimum atomic E-state index is -0.614. The summed E-state index contributed by atoms with van der Waals surface area (Å²) in [4.78, 5) is 10.7. The van der Waals surface area contributed by atoms with E-state index in [4.69, 9.17) is 23.2 Å². The first-order valence-corrected chi connectivity index (χ1v) is 5.26. The summed E-state index contributed by atoms with van der Waals surface area (Å²) < 4.78 is 0. The molecule has 1 aliphatic carbocycles. The number of carbonyl (C=O) groups excluding carboxylic acids is 1. The van der Waals surface area contributed by atoms with Crippen LogP contribution in [-0.2, 0) is 4.79 Å². The fourth-order valence-electron chi connectivity index (χ4n) is 1.42. The highest BCUT2D eigenvalue weighted by Crippen LogP contribution is 2.30. The molecule has 4 nitrogen and oxygen atoms in total. The van der Waals surface area contributed by atoms with Crippen molar-refractivity contribution < 1.29 is 4.79 Å². The molecule has 1 heterocycles. The van der Waals surface area contributed by atoms with Crippen LogP contribution in [0.25, 0.3) is 0 Å². The molecule has 2 aliphatic rings. The predicted octanol–water partition coefficient (Wildman–Crippen LogP) is 2.26. The summed E-state index contributed by atoms with van der Waals surface area (Å²) in [5.41, 5.74) is 0. The highest BCUT2D eigenvalue weighted by atomic mass is 35.5. The van der Waals surface area contributed by atoms with E-state index < -0.39 is 4.87 Å². The Labute approximate surface area is 97.2 Å². The van der Waals surface area contributed by atoms with Gasteiger partial charge in [-0.2, -0.15) is 5.11 Å². The van der Waals surface area contributed by atoms with Gasteiger partial charge in [-0.1, -0.05) is 29.0 Å². The molecule has 0 aromatic rings. The normalized spacial score (nSPS) is 29.9. The topological polar surface area (TPSA) is 45.0 Å². The highest BCUT2D eigenvalue weighted by molar-refractivity contribution is 6.32. The van der Waals surface area contributed by atoms with E-state index in [0.717, 1.165) is 0 Å². The van der Waals surface area contributed by atoms with Crippen LogP contribution in [0.15, 0.2) is 33.6 Å². The van der Waals surface area contributed by atoms with E-state index in [1.54, 1.807) is 12.2 Å². The van der Waals surface area contributed by atoms with Gasteiger partial charge in [-0.25, -0.2) is 5.01 Å². The molecule has 1 atom stereocenters. The van der Waals surface area contributed by atoms with Crippen LogP contribution >= 0.6 is 23.2 Å². The van der Waals surface area contributed by atoms with Crippen LogP contribution in [0.4, 0.5) is 0 Å². The summed E-state index contributed by atoms with van der Waals surface area (Å²) in [6.45, 7) is 0.446. The van der Waals surface area contributed by atoms with Crippen molar-refractivity contribution in [1.29, 1.82) is 0 Å². The molecule has 0 bridgehead atoms. The minimum Gasteiger partial charge on any atom is -0.271 e. The molecule has 0 aromatic carbocycles. The molecule has 0 spiro atoms. The van der Waals surface area contributed by atoms with E-state index in [9.17, 15) is 4.79 Å². The van der Waals surface area contributed by atoms with Crippen molar-refractivity contribution in [3.8, 4) is 0 Å². The number of halogens is 2. The maximum atomic E-state index is 11.3. The van der Waals surface area contributed by atoms with Gasteiger partial charge >= 0.3 is 0 Å². The van der Waals surface area contributed by atoms with Gasteiger partial charge in [-0.3, -0.25) is 4.79 Å². The summed E-state index contributed by atoms with van der Waals surface area (Å²) in [6, 6.07) is 0. The van der Waals surface area contributed by atoms with Crippen LogP contribution in [0.5, 0.6) is 0 Å². The minimum absolute atomic E-state index is 0.118. The summed E-state index contributed by atoms with van der Waals surface area (Å²) in [5.74, 6) is -0.121. The lowest BCUT2D eigenvalue weighted by molar-refractivity contribution is -0.127. The van der Waals surface area contributed by atoms with E-state index in [1.807, 2.05) is 6.08 Å². The molecule has 1 aliphatic heterocycles. The van der Waals surface area contributed by atoms with Crippen molar-refractivity contribution in [1.82, 2.24) is 5.01 Å². The number of hydrogen-bond donors (Lipinski definition) is 0. The van der Waals surface area contributed by atoms with Crippen LogP contribution in [0.3, 0.4) is 0 Å². The second kappa shape index (κ2) is 3.94. The van der Waals surface area contributed by atoms with Crippen molar-refractivity contribution in [2.45, 2.75) is 11.3 Å². The van der Waals surface area contributed by atoms with Crippen LogP contribution in [0.2, 0.25) is 0 Å². The van der Waals surface area contributed by atoms with Crippen molar-refractivity contribution >= 4 is 29.1 Å². The number of nitrogens with zero attached hydrogens (tertiary/aromatic N) is 3. The maximum Gasteiger partial charge on any atom is 0.267 e. The van der Waals surface area contributed by atoms with Gasteiger partial charge in [-0.15, -0.1) is 11.6 Å². The largest absolute Gasteiger partial charge is 0.271 e. The Morgan fingerprint density at radius 3 is 2.93 bits per heavy atom. The fraction of sp³-hybridized carbons (Fsp3) is 0.444. The Morgan fingerprint density at radius 2 is 2.40 bits per heavy atom. The zero-order valence-electron chi connectivity index (χ0n) is 7.86. The molecule has 0 saturated heterocycles. The molecule has 1 unspecified atom stereocenters. The number of allylic oxidation sites excluding steroid dienone is 3. The first-order valence-electron chi connectivity index (χ1n) is 4.51. The Balaban J connectivity index is 2.03. The van der Waals surface area contributed by atoms with Crippen molar-refractivity contribution in [3.63, 3.8) is 0 Å². The number of rotatable bonds is 2. The van der Waals surface area contributed by atoms with Gasteiger partial charge in [0.15, 0.2) is 0 Å². The number of hydrogen-bond acceptors (Lipinski definition) is 3. The van der Waals surface area contributed by atoms with Crippen molar-refractivity contribution in [2.24, 2.45) is 10.3 Å². The molecule has 0 saturated carbocycles. The summed E-state index contributed by atoms with van der Waals surface area (Å²) >= 11 is 12.1. The average molecular weight is 246 g/mol. The zero-order chi connectivity index (χ0) is 10.9. The second-order valence-corrected chi connectivity index (χ2v) is 4.69. The maximum absolute atomic E-state index is 11.3. The van der Waals surface area contributed by atoms with E-state index in [0.29, 0.717) is 18.0 Å². The van der Waals surface area contributed by atoms with E-state index in [-0.39, 0.29) is 12.5 Å². The van der Waals surface area contributed by atoms with Gasteiger partial charge in [0.25, 0.3) is 5.91 Å². The Bertz CT molecular complexity index is 378. The van der Waals surface area contributed by atoms with Gasteiger partial charge in [0, 0.05) is 5.03 Å². The van der Waals surface area contributed by atoms with E-state index in [1.165, 1.54) is 5.01 Å². The molecular weight excluding hydrogens is 237 g/mol. The number of alkyl halides is 1. The van der Waals surface area contributed by atoms with Gasteiger partial charge in [0.1, 0.15) is 6.54 Å². The molecule has 1 amide bonds. The molecule has 80 valence electrons. The Kier molecular flexibility index (Phi) is 2.80. The summed E-state index contributed by atoms with van der Waals surface area (Å²) in [7, 11) is 0. The third-order valence-corrected chi connectivity index (χ3v) is 2.94. The zero-order valence-corrected chi connectivity index (χ0v) is 9.37. The Morgan fingerprint density at radius 1 is 1.60 bits per heavy atom. The monoisotopic (exact) mass is 245 g/mol. The molecule has 0 fully saturated rings. The molecular formula is C9H9Cl2N3O. The first kappa shape index (κ1) is 10.6. The van der Waals surface area contributed by atoms with Crippen LogP contribution in [0.1, 0.15) is 6.42 Å². The van der Waals surface area contributed by atoms with Crippen LogP contribution < -0.4 is 0 Å². The van der Waals surface area contributed by atoms with Gasteiger partial charge in [0.05, 0.1) is 11.4 Å². The lowest BCUT2D eigenvalue weighted by atomic mass is 9.99. The van der Waals surface area contributed by atoms with Crippen LogP contribution in [-0.4, -0.2) is 28.9 Å². The molecule has 0 N–H and O–H groups in total. The van der Waals surface area contributed by atoms with E-state index >= 15 is 0 Å². The number of carbonyl (C=O) groups is 1. The molecule has 6 heteroatoms. The third-order valence-electron chi connectivity index (χ3n) is 2.26. The number of amides is 1. The van der Waals surface area contributed by atoms with Crippen molar-refractivity contribution in [2.75, 3.05) is 13.1 Å². The van der Waals surface area contributed by atoms with Crippen molar-refractivity contribution in [3.05, 3.63) is 23.3 Å². The average Bonchev–Trinajstić information content (AvgIpc) is 2.58. The van der Waals surface area contributed by atoms with E-state index in [2.05, 4.69) is 10.3 Å². The quantitative estimate of drug-likeness (QED) is 0.689. The summed E-state index contributed by atoms with van der Waals surface area (Å²) in [5, 5.41) is 9.31. The van der Waals surface area contributed by atoms with Gasteiger partial charge in [0.2, 0.25) is 0 Å². The smallest absolute Gasteiger partial charge is 0.267 e. The predicted molar refractivity (Wildman–Crippen MR) is 57.7 cm³/mol. The first-order chi connectivity index (χ1) is 7.09. The molecule has 2 rings (SSSR count). The SMILES string of the molecule is O=C1CN=NN1CC1(Cl)C=CC(Cl)=CC1. The lowest BCUT2D eigenvalue weighted by Crippen LogP contribution is -2.37. The lowest BCUT2D eigenvalue weighted by Gasteiger charge is -2.26. The van der Waals surface area contributed by atoms with Crippen LogP contribution in [0, 0.1) is 0 Å². The standard InChI is InChI=1S/C9H9Cl2N3O/c10-7-1-3-9(11,4-2-7)6-14-8(15)5-12-13-14/h1-3H,4-6H2.